The molecule has 3 aliphatic rings. The highest BCUT2D eigenvalue weighted by molar-refractivity contribution is 7.98. The first-order valence-corrected chi connectivity index (χ1v) is 13.7. The van der Waals surface area contributed by atoms with Gasteiger partial charge in [0.1, 0.15) is 0 Å². The van der Waals surface area contributed by atoms with Gasteiger partial charge in [0.15, 0.2) is 5.16 Å². The average Bonchev–Trinajstić information content (AvgIpc) is 3.38. The molecular weight excluding hydrogens is 424 g/mol. The van der Waals surface area contributed by atoms with E-state index in [2.05, 4.69) is 59.2 Å². The predicted molar refractivity (Wildman–Crippen MR) is 136 cm³/mol. The highest BCUT2D eigenvalue weighted by Gasteiger charge is 2.44. The first-order valence-electron chi connectivity index (χ1n) is 12.7. The van der Waals surface area contributed by atoms with Crippen LogP contribution in [0.5, 0.6) is 0 Å². The van der Waals surface area contributed by atoms with Gasteiger partial charge >= 0.3 is 0 Å². The molecule has 0 bridgehead atoms. The van der Waals surface area contributed by atoms with Gasteiger partial charge in [-0.05, 0) is 43.2 Å². The van der Waals surface area contributed by atoms with E-state index in [-0.39, 0.29) is 11.0 Å². The Kier molecular flexibility index (Phi) is 5.65. The SMILES string of the molecule is O=c1c2c(nc(SCc3ccccc3)n1C1CCCC1)-c1ccccc1CC21CCCCC1. The summed E-state index contributed by atoms with van der Waals surface area (Å²) in [5, 5.41) is 0.914. The van der Waals surface area contributed by atoms with Crippen LogP contribution >= 0.6 is 11.8 Å². The van der Waals surface area contributed by atoms with E-state index >= 15 is 0 Å². The minimum Gasteiger partial charge on any atom is -0.284 e. The lowest BCUT2D eigenvalue weighted by Gasteiger charge is -2.42. The van der Waals surface area contributed by atoms with E-state index < -0.39 is 0 Å². The molecule has 0 N–H and O–H groups in total. The lowest BCUT2D eigenvalue weighted by molar-refractivity contribution is 0.280. The molecule has 2 aromatic carbocycles. The Morgan fingerprint density at radius 2 is 1.64 bits per heavy atom. The van der Waals surface area contributed by atoms with Crippen molar-refractivity contribution in [1.29, 1.82) is 0 Å². The molecule has 33 heavy (non-hydrogen) atoms. The van der Waals surface area contributed by atoms with Gasteiger partial charge in [-0.2, -0.15) is 0 Å². The second-order valence-corrected chi connectivity index (χ2v) is 11.1. The lowest BCUT2D eigenvalue weighted by Crippen LogP contribution is -2.43. The van der Waals surface area contributed by atoms with Gasteiger partial charge in [-0.15, -0.1) is 0 Å². The van der Waals surface area contributed by atoms with Crippen LogP contribution in [0.3, 0.4) is 0 Å². The minimum atomic E-state index is -0.0327. The summed E-state index contributed by atoms with van der Waals surface area (Å²) in [5.74, 6) is 0.839. The van der Waals surface area contributed by atoms with Gasteiger partial charge in [-0.25, -0.2) is 4.98 Å². The summed E-state index contributed by atoms with van der Waals surface area (Å²) in [6.07, 6.45) is 11.6. The number of rotatable bonds is 4. The highest BCUT2D eigenvalue weighted by Crippen LogP contribution is 2.49. The fourth-order valence-corrected chi connectivity index (χ4v) is 7.52. The van der Waals surface area contributed by atoms with Crippen molar-refractivity contribution in [3.05, 3.63) is 81.6 Å². The van der Waals surface area contributed by atoms with Crippen molar-refractivity contribution in [3.8, 4) is 11.3 Å². The van der Waals surface area contributed by atoms with Crippen molar-refractivity contribution in [3.63, 3.8) is 0 Å². The molecule has 2 fully saturated rings. The summed E-state index contributed by atoms with van der Waals surface area (Å²) < 4.78 is 2.13. The van der Waals surface area contributed by atoms with Crippen molar-refractivity contribution >= 4 is 11.8 Å². The van der Waals surface area contributed by atoms with Crippen molar-refractivity contribution in [1.82, 2.24) is 9.55 Å². The molecule has 1 heterocycles. The molecule has 0 saturated heterocycles. The third-order valence-corrected chi connectivity index (χ3v) is 9.15. The van der Waals surface area contributed by atoms with Gasteiger partial charge in [0.2, 0.25) is 0 Å². The summed E-state index contributed by atoms with van der Waals surface area (Å²) in [5.41, 5.74) is 6.08. The summed E-state index contributed by atoms with van der Waals surface area (Å²) in [6, 6.07) is 19.5. The molecule has 1 spiro atoms. The van der Waals surface area contributed by atoms with Crippen LogP contribution in [-0.2, 0) is 17.6 Å². The van der Waals surface area contributed by atoms with Crippen molar-refractivity contribution in [2.75, 3.05) is 0 Å². The average molecular weight is 457 g/mol. The Morgan fingerprint density at radius 3 is 2.42 bits per heavy atom. The number of fused-ring (bicyclic) bond motifs is 4. The van der Waals surface area contributed by atoms with E-state index in [1.165, 1.54) is 48.8 Å². The molecule has 3 aliphatic carbocycles. The molecule has 0 unspecified atom stereocenters. The smallest absolute Gasteiger partial charge is 0.258 e. The predicted octanol–water partition coefficient (Wildman–Crippen LogP) is 7.08. The molecular formula is C29H32N2OS. The van der Waals surface area contributed by atoms with Gasteiger partial charge in [0, 0.05) is 22.8 Å². The van der Waals surface area contributed by atoms with Gasteiger partial charge < -0.3 is 0 Å². The van der Waals surface area contributed by atoms with Crippen LogP contribution in [0, 0.1) is 0 Å². The standard InChI is InChI=1S/C29H32N2OS/c32-27-25-26(24-16-8-5-13-22(24)19-29(25)17-9-2-10-18-29)30-28(31(27)23-14-6-7-15-23)33-20-21-11-3-1-4-12-21/h1,3-5,8,11-13,16,23H,2,6-7,9-10,14-15,17-20H2. The number of hydrogen-bond acceptors (Lipinski definition) is 3. The number of nitrogens with zero attached hydrogens (tertiary/aromatic N) is 2. The van der Waals surface area contributed by atoms with Crippen LogP contribution < -0.4 is 5.56 Å². The summed E-state index contributed by atoms with van der Waals surface area (Å²) in [6.45, 7) is 0. The quantitative estimate of drug-likeness (QED) is 0.311. The fraction of sp³-hybridized carbons (Fsp3) is 0.448. The zero-order valence-corrected chi connectivity index (χ0v) is 20.1. The first kappa shape index (κ1) is 21.2. The van der Waals surface area contributed by atoms with Crippen LogP contribution in [-0.4, -0.2) is 9.55 Å². The van der Waals surface area contributed by atoms with E-state index in [1.54, 1.807) is 11.8 Å². The zero-order chi connectivity index (χ0) is 22.3. The topological polar surface area (TPSA) is 34.9 Å². The third-order valence-electron chi connectivity index (χ3n) is 8.13. The molecule has 170 valence electrons. The fourth-order valence-electron chi connectivity index (χ4n) is 6.51. The second-order valence-electron chi connectivity index (χ2n) is 10.2. The Labute approximate surface area is 200 Å². The van der Waals surface area contributed by atoms with E-state index in [4.69, 9.17) is 4.98 Å². The number of benzene rings is 2. The van der Waals surface area contributed by atoms with Gasteiger partial charge in [-0.3, -0.25) is 9.36 Å². The highest BCUT2D eigenvalue weighted by atomic mass is 32.2. The Balaban J connectivity index is 1.54. The van der Waals surface area contributed by atoms with Crippen LogP contribution in [0.25, 0.3) is 11.3 Å². The maximum atomic E-state index is 14.4. The summed E-state index contributed by atoms with van der Waals surface area (Å²) in [4.78, 5) is 19.8. The van der Waals surface area contributed by atoms with E-state index in [0.717, 1.165) is 54.3 Å². The molecule has 1 aromatic heterocycles. The zero-order valence-electron chi connectivity index (χ0n) is 19.3. The third kappa shape index (κ3) is 3.77. The minimum absolute atomic E-state index is 0.0327. The molecule has 0 amide bonds. The molecule has 3 aromatic rings. The van der Waals surface area contributed by atoms with E-state index in [0.29, 0.717) is 6.04 Å². The van der Waals surface area contributed by atoms with E-state index in [1.807, 2.05) is 0 Å². The van der Waals surface area contributed by atoms with E-state index in [9.17, 15) is 4.79 Å². The van der Waals surface area contributed by atoms with Crippen LogP contribution in [0.1, 0.15) is 80.5 Å². The summed E-state index contributed by atoms with van der Waals surface area (Å²) >= 11 is 1.74. The number of hydrogen-bond donors (Lipinski definition) is 0. The second kappa shape index (κ2) is 8.79. The van der Waals surface area contributed by atoms with Crippen molar-refractivity contribution < 1.29 is 0 Å². The van der Waals surface area contributed by atoms with Crippen LogP contribution in [0.4, 0.5) is 0 Å². The molecule has 2 saturated carbocycles. The first-order chi connectivity index (χ1) is 16.3. The maximum absolute atomic E-state index is 14.4. The molecule has 6 rings (SSSR count). The Bertz CT molecular complexity index is 1200. The summed E-state index contributed by atoms with van der Waals surface area (Å²) in [7, 11) is 0. The maximum Gasteiger partial charge on any atom is 0.258 e. The number of thioether (sulfide) groups is 1. The van der Waals surface area contributed by atoms with Gasteiger partial charge in [0.05, 0.1) is 11.3 Å². The monoisotopic (exact) mass is 456 g/mol. The molecule has 0 atom stereocenters. The van der Waals surface area contributed by atoms with Crippen LogP contribution in [0.15, 0.2) is 64.5 Å². The molecule has 4 heteroatoms. The Morgan fingerprint density at radius 1 is 0.909 bits per heavy atom. The largest absolute Gasteiger partial charge is 0.284 e. The number of aromatic nitrogens is 2. The van der Waals surface area contributed by atoms with Crippen molar-refractivity contribution in [2.24, 2.45) is 0 Å². The Hall–Kier alpha value is -2.33. The molecule has 3 nitrogen and oxygen atoms in total. The normalized spacial score (nSPS) is 19.4. The van der Waals surface area contributed by atoms with Gasteiger partial charge in [-0.1, -0.05) is 98.5 Å². The molecule has 0 aliphatic heterocycles. The molecule has 0 radical (unpaired) electrons. The van der Waals surface area contributed by atoms with Crippen molar-refractivity contribution in [2.45, 2.75) is 86.6 Å². The van der Waals surface area contributed by atoms with Crippen LogP contribution in [0.2, 0.25) is 0 Å². The lowest BCUT2D eigenvalue weighted by atomic mass is 9.62. The van der Waals surface area contributed by atoms with Gasteiger partial charge in [0.25, 0.3) is 5.56 Å².